The van der Waals surface area contributed by atoms with E-state index in [4.69, 9.17) is 9.78 Å². The van der Waals surface area contributed by atoms with Crippen molar-refractivity contribution in [1.29, 1.82) is 5.26 Å². The summed E-state index contributed by atoms with van der Waals surface area (Å²) in [7, 11) is 0. The van der Waals surface area contributed by atoms with Gasteiger partial charge >= 0.3 is 0 Å². The average molecular weight is 199 g/mol. The molecular formula is C11H9N3O. The molecule has 2 aromatic rings. The molecule has 0 aliphatic carbocycles. The summed E-state index contributed by atoms with van der Waals surface area (Å²) in [5, 5.41) is 12.2. The molecule has 74 valence electrons. The van der Waals surface area contributed by atoms with Crippen molar-refractivity contribution in [2.24, 2.45) is 0 Å². The smallest absolute Gasteiger partial charge is 0.257 e. The van der Waals surface area contributed by atoms with E-state index in [9.17, 15) is 0 Å². The number of aromatic nitrogens is 2. The van der Waals surface area contributed by atoms with Crippen molar-refractivity contribution in [2.75, 3.05) is 0 Å². The molecule has 0 unspecified atom stereocenters. The van der Waals surface area contributed by atoms with E-state index < -0.39 is 0 Å². The zero-order valence-electron chi connectivity index (χ0n) is 8.27. The van der Waals surface area contributed by atoms with Crippen molar-refractivity contribution >= 4 is 0 Å². The molecule has 0 aliphatic heterocycles. The second-order valence-corrected chi connectivity index (χ2v) is 3.22. The molecule has 1 aromatic carbocycles. The molecule has 1 aromatic heterocycles. The third-order valence-electron chi connectivity index (χ3n) is 2.00. The average Bonchev–Trinajstić information content (AvgIpc) is 2.68. The summed E-state index contributed by atoms with van der Waals surface area (Å²) in [5.74, 6) is 0.883. The first-order valence-corrected chi connectivity index (χ1v) is 4.56. The van der Waals surface area contributed by atoms with E-state index in [1.807, 2.05) is 37.3 Å². The van der Waals surface area contributed by atoms with Gasteiger partial charge in [0.25, 0.3) is 5.89 Å². The van der Waals surface area contributed by atoms with Crippen LogP contribution in [0.1, 0.15) is 11.4 Å². The molecule has 4 heteroatoms. The zero-order chi connectivity index (χ0) is 10.7. The van der Waals surface area contributed by atoms with Crippen LogP contribution in [0.4, 0.5) is 0 Å². The van der Waals surface area contributed by atoms with Crippen molar-refractivity contribution in [3.63, 3.8) is 0 Å². The van der Waals surface area contributed by atoms with Gasteiger partial charge in [0.05, 0.1) is 12.5 Å². The summed E-state index contributed by atoms with van der Waals surface area (Å²) in [4.78, 5) is 4.10. The zero-order valence-corrected chi connectivity index (χ0v) is 8.27. The fraction of sp³-hybridized carbons (Fsp3) is 0.182. The maximum Gasteiger partial charge on any atom is 0.257 e. The summed E-state index contributed by atoms with van der Waals surface area (Å²) < 4.78 is 5.03. The summed E-state index contributed by atoms with van der Waals surface area (Å²) in [6, 6.07) is 9.76. The quantitative estimate of drug-likeness (QED) is 0.743. The standard InChI is InChI=1S/C11H9N3O/c1-8-2-4-9(5-3-8)11-13-10(6-7-12)14-15-11/h2-5H,6H2,1H3. The molecule has 0 bridgehead atoms. The molecule has 4 nitrogen and oxygen atoms in total. The Balaban J connectivity index is 2.30. The van der Waals surface area contributed by atoms with Gasteiger partial charge in [0.1, 0.15) is 0 Å². The number of rotatable bonds is 2. The van der Waals surface area contributed by atoms with Gasteiger partial charge in [-0.3, -0.25) is 0 Å². The maximum atomic E-state index is 8.46. The lowest BCUT2D eigenvalue weighted by atomic mass is 10.1. The number of nitrogens with zero attached hydrogens (tertiary/aromatic N) is 3. The number of benzene rings is 1. The van der Waals surface area contributed by atoms with Crippen LogP contribution in [0.15, 0.2) is 28.8 Å². The van der Waals surface area contributed by atoms with Crippen LogP contribution >= 0.6 is 0 Å². The van der Waals surface area contributed by atoms with Gasteiger partial charge in [-0.05, 0) is 19.1 Å². The lowest BCUT2D eigenvalue weighted by molar-refractivity contribution is 0.424. The van der Waals surface area contributed by atoms with Crippen LogP contribution in [0.25, 0.3) is 11.5 Å². The Morgan fingerprint density at radius 2 is 2.07 bits per heavy atom. The van der Waals surface area contributed by atoms with E-state index in [2.05, 4.69) is 10.1 Å². The molecule has 0 atom stereocenters. The lowest BCUT2D eigenvalue weighted by Crippen LogP contribution is -1.84. The molecule has 0 amide bonds. The molecule has 0 saturated heterocycles. The highest BCUT2D eigenvalue weighted by molar-refractivity contribution is 5.53. The predicted octanol–water partition coefficient (Wildman–Crippen LogP) is 2.11. The maximum absolute atomic E-state index is 8.46. The third-order valence-corrected chi connectivity index (χ3v) is 2.00. The largest absolute Gasteiger partial charge is 0.334 e. The van der Waals surface area contributed by atoms with Crippen LogP contribution in [0.2, 0.25) is 0 Å². The van der Waals surface area contributed by atoms with Crippen LogP contribution in [0.5, 0.6) is 0 Å². The fourth-order valence-corrected chi connectivity index (χ4v) is 1.21. The van der Waals surface area contributed by atoms with E-state index in [1.54, 1.807) is 0 Å². The van der Waals surface area contributed by atoms with Crippen LogP contribution in [-0.4, -0.2) is 10.1 Å². The molecular weight excluding hydrogens is 190 g/mol. The summed E-state index contributed by atoms with van der Waals surface area (Å²) in [6.07, 6.45) is 0.176. The topological polar surface area (TPSA) is 62.7 Å². The van der Waals surface area contributed by atoms with Crippen molar-refractivity contribution < 1.29 is 4.52 Å². The van der Waals surface area contributed by atoms with E-state index in [-0.39, 0.29) is 6.42 Å². The van der Waals surface area contributed by atoms with Crippen molar-refractivity contribution in [3.8, 4) is 17.5 Å². The molecule has 0 fully saturated rings. The Morgan fingerprint density at radius 1 is 1.33 bits per heavy atom. The molecule has 0 aliphatic rings. The predicted molar refractivity (Wildman–Crippen MR) is 53.8 cm³/mol. The molecule has 0 spiro atoms. The first-order chi connectivity index (χ1) is 7.29. The van der Waals surface area contributed by atoms with Gasteiger partial charge in [0, 0.05) is 5.56 Å². The van der Waals surface area contributed by atoms with E-state index in [1.165, 1.54) is 5.56 Å². The second kappa shape index (κ2) is 3.93. The monoisotopic (exact) mass is 199 g/mol. The highest BCUT2D eigenvalue weighted by Crippen LogP contribution is 2.17. The van der Waals surface area contributed by atoms with E-state index in [0.717, 1.165) is 5.56 Å². The van der Waals surface area contributed by atoms with Gasteiger partial charge in [-0.15, -0.1) is 0 Å². The van der Waals surface area contributed by atoms with Crippen molar-refractivity contribution in [3.05, 3.63) is 35.7 Å². The summed E-state index contributed by atoms with van der Waals surface area (Å²) in [6.45, 7) is 2.01. The minimum absolute atomic E-state index is 0.176. The SMILES string of the molecule is Cc1ccc(-c2nc(CC#N)no2)cc1. The number of hydrogen-bond donors (Lipinski definition) is 0. The van der Waals surface area contributed by atoms with Gasteiger partial charge in [0.2, 0.25) is 0 Å². The number of aryl methyl sites for hydroxylation is 1. The molecule has 2 rings (SSSR count). The van der Waals surface area contributed by atoms with Crippen LogP contribution < -0.4 is 0 Å². The molecule has 0 N–H and O–H groups in total. The highest BCUT2D eigenvalue weighted by Gasteiger charge is 2.07. The molecule has 1 heterocycles. The van der Waals surface area contributed by atoms with Crippen molar-refractivity contribution in [2.45, 2.75) is 13.3 Å². The normalized spacial score (nSPS) is 9.87. The fourth-order valence-electron chi connectivity index (χ4n) is 1.21. The number of hydrogen-bond acceptors (Lipinski definition) is 4. The Hall–Kier alpha value is -2.15. The molecule has 0 radical (unpaired) electrons. The Bertz CT molecular complexity index is 493. The van der Waals surface area contributed by atoms with Crippen molar-refractivity contribution in [1.82, 2.24) is 10.1 Å². The van der Waals surface area contributed by atoms with Gasteiger partial charge in [-0.1, -0.05) is 22.9 Å². The minimum atomic E-state index is 0.176. The number of nitriles is 1. The van der Waals surface area contributed by atoms with Gasteiger partial charge in [-0.25, -0.2) is 0 Å². The Kier molecular flexibility index (Phi) is 2.46. The Morgan fingerprint density at radius 3 is 2.73 bits per heavy atom. The minimum Gasteiger partial charge on any atom is -0.334 e. The first-order valence-electron chi connectivity index (χ1n) is 4.56. The summed E-state index contributed by atoms with van der Waals surface area (Å²) >= 11 is 0. The second-order valence-electron chi connectivity index (χ2n) is 3.22. The molecule has 15 heavy (non-hydrogen) atoms. The first kappa shape index (κ1) is 9.41. The van der Waals surface area contributed by atoms with Gasteiger partial charge < -0.3 is 4.52 Å². The lowest BCUT2D eigenvalue weighted by Gasteiger charge is -1.93. The summed E-state index contributed by atoms with van der Waals surface area (Å²) in [5.41, 5.74) is 2.05. The highest BCUT2D eigenvalue weighted by atomic mass is 16.5. The Labute approximate surface area is 87.2 Å². The third kappa shape index (κ3) is 2.02. The molecule has 0 saturated carbocycles. The van der Waals surface area contributed by atoms with E-state index >= 15 is 0 Å². The van der Waals surface area contributed by atoms with Gasteiger partial charge in [-0.2, -0.15) is 10.2 Å². The van der Waals surface area contributed by atoms with Crippen LogP contribution in [-0.2, 0) is 6.42 Å². The van der Waals surface area contributed by atoms with E-state index in [0.29, 0.717) is 11.7 Å². The van der Waals surface area contributed by atoms with Gasteiger partial charge in [0.15, 0.2) is 5.82 Å². The van der Waals surface area contributed by atoms with Crippen LogP contribution in [0, 0.1) is 18.3 Å². The van der Waals surface area contributed by atoms with Crippen LogP contribution in [0.3, 0.4) is 0 Å².